The van der Waals surface area contributed by atoms with Crippen molar-refractivity contribution in [1.82, 2.24) is 0 Å². The summed E-state index contributed by atoms with van der Waals surface area (Å²) in [7, 11) is 0. The minimum absolute atomic E-state index is 0.442. The first-order valence-electron chi connectivity index (χ1n) is 1.63. The normalized spacial score (nSPS) is 9.20. The van der Waals surface area contributed by atoms with Gasteiger partial charge in [0.2, 0.25) is 0 Å². The van der Waals surface area contributed by atoms with Crippen LogP contribution in [0.25, 0.3) is 0 Å². The number of hydrogen-bond donors (Lipinski definition) is 0. The van der Waals surface area contributed by atoms with E-state index >= 15 is 0 Å². The monoisotopic (exact) mass is 148 g/mol. The van der Waals surface area contributed by atoms with E-state index in [-0.39, 0.29) is 0 Å². The van der Waals surface area contributed by atoms with E-state index in [4.69, 9.17) is 2.05 Å². The maximum absolute atomic E-state index is 4.88. The minimum atomic E-state index is 0.442. The van der Waals surface area contributed by atoms with Crippen molar-refractivity contribution in [1.29, 1.82) is 0 Å². The zero-order valence-electron chi connectivity index (χ0n) is 3.56. The van der Waals surface area contributed by atoms with Gasteiger partial charge in [-0.3, -0.25) is 0 Å². The molecule has 0 aliphatic heterocycles. The number of rotatable bonds is 1. The quantitative estimate of drug-likeness (QED) is 0.536. The average Bonchev–Trinajstić information content (AvgIpc) is 1.38. The van der Waals surface area contributed by atoms with E-state index in [1.807, 2.05) is 13.8 Å². The molecule has 0 atom stereocenters. The Balaban J connectivity index is 2.54. The molecule has 0 amide bonds. The fourth-order valence-electron chi connectivity index (χ4n) is 0. The molecule has 0 aliphatic rings. The Bertz CT molecular complexity index is 20.9. The van der Waals surface area contributed by atoms with Crippen LogP contribution in [0.2, 0.25) is 0 Å². The Morgan fingerprint density at radius 3 is 1.80 bits per heavy atom. The predicted octanol–water partition coefficient (Wildman–Crippen LogP) is 0.873. The third-order valence-corrected chi connectivity index (χ3v) is 1.61. The van der Waals surface area contributed by atoms with Crippen molar-refractivity contribution in [2.75, 3.05) is 0 Å². The van der Waals surface area contributed by atoms with Crippen LogP contribution in [-0.4, -0.2) is 6.10 Å². The third-order valence-electron chi connectivity index (χ3n) is 0.272. The second-order valence-electron chi connectivity index (χ2n) is 1.18. The van der Waals surface area contributed by atoms with E-state index in [0.717, 1.165) is 31.5 Å². The van der Waals surface area contributed by atoms with E-state index < -0.39 is 0 Å². The average molecular weight is 148 g/mol. The summed E-state index contributed by atoms with van der Waals surface area (Å²) < 4.78 is 4.88. The van der Waals surface area contributed by atoms with Gasteiger partial charge in [0.25, 0.3) is 0 Å². The summed E-state index contributed by atoms with van der Waals surface area (Å²) in [6.07, 6.45) is 0.442. The summed E-state index contributed by atoms with van der Waals surface area (Å²) in [6, 6.07) is 0. The molecule has 1 nitrogen and oxygen atoms in total. The van der Waals surface area contributed by atoms with Crippen molar-refractivity contribution in [3.63, 3.8) is 0 Å². The van der Waals surface area contributed by atoms with Crippen LogP contribution in [0.4, 0.5) is 0 Å². The molecule has 0 saturated carbocycles. The Kier molecular flexibility index (Phi) is 3.96. The first-order chi connectivity index (χ1) is 2.27. The van der Waals surface area contributed by atoms with Crippen molar-refractivity contribution < 1.29 is 33.5 Å². The first-order valence-corrected chi connectivity index (χ1v) is 2.78. The van der Waals surface area contributed by atoms with E-state index in [1.54, 1.807) is 0 Å². The van der Waals surface area contributed by atoms with Gasteiger partial charge in [-0.2, -0.15) is 0 Å². The SMILES string of the molecule is CC(C)[O][Y]. The van der Waals surface area contributed by atoms with Crippen LogP contribution in [0.3, 0.4) is 0 Å². The summed E-state index contributed by atoms with van der Waals surface area (Å²) in [4.78, 5) is 0. The van der Waals surface area contributed by atoms with Gasteiger partial charge in [-0.15, -0.1) is 0 Å². The van der Waals surface area contributed by atoms with E-state index in [2.05, 4.69) is 0 Å². The van der Waals surface area contributed by atoms with Gasteiger partial charge < -0.3 is 0 Å². The molecule has 0 N–H and O–H groups in total. The fraction of sp³-hybridized carbons (Fsp3) is 1.00. The van der Waals surface area contributed by atoms with Crippen LogP contribution in [0.15, 0.2) is 0 Å². The van der Waals surface area contributed by atoms with Gasteiger partial charge >= 0.3 is 53.5 Å². The summed E-state index contributed by atoms with van der Waals surface area (Å²) in [5.74, 6) is 0. The molecule has 0 rings (SSSR count). The predicted molar refractivity (Wildman–Crippen MR) is 16.2 cm³/mol. The number of hydrogen-bond acceptors (Lipinski definition) is 1. The van der Waals surface area contributed by atoms with Gasteiger partial charge in [0, 0.05) is 0 Å². The van der Waals surface area contributed by atoms with Gasteiger partial charge in [-0.1, -0.05) is 0 Å². The molecule has 5 heavy (non-hydrogen) atoms. The Morgan fingerprint density at radius 2 is 1.80 bits per heavy atom. The molecule has 0 saturated heterocycles. The van der Waals surface area contributed by atoms with Crippen molar-refractivity contribution in [3.05, 3.63) is 0 Å². The first kappa shape index (κ1) is 6.06. The van der Waals surface area contributed by atoms with Crippen LogP contribution in [0.1, 0.15) is 13.8 Å². The summed E-state index contributed by atoms with van der Waals surface area (Å²) in [5.41, 5.74) is 0. The van der Waals surface area contributed by atoms with Crippen LogP contribution >= 0.6 is 0 Å². The molecule has 0 bridgehead atoms. The van der Waals surface area contributed by atoms with Crippen LogP contribution < -0.4 is 0 Å². The second kappa shape index (κ2) is 3.26. The second-order valence-corrected chi connectivity index (χ2v) is 1.85. The topological polar surface area (TPSA) is 9.23 Å². The molecule has 0 aromatic rings. The van der Waals surface area contributed by atoms with Crippen molar-refractivity contribution >= 4 is 0 Å². The molecule has 0 aliphatic carbocycles. The third kappa shape index (κ3) is 5.06. The van der Waals surface area contributed by atoms with Crippen LogP contribution in [0.5, 0.6) is 0 Å². The maximum atomic E-state index is 4.88. The van der Waals surface area contributed by atoms with Gasteiger partial charge in [-0.05, 0) is 0 Å². The summed E-state index contributed by atoms with van der Waals surface area (Å²) in [5, 5.41) is 0. The summed E-state index contributed by atoms with van der Waals surface area (Å²) in [6.45, 7) is 4.07. The Labute approximate surface area is 53.3 Å². The molecule has 0 spiro atoms. The van der Waals surface area contributed by atoms with E-state index in [9.17, 15) is 0 Å². The molecule has 0 unspecified atom stereocenters. The zero-order chi connectivity index (χ0) is 4.28. The zero-order valence-corrected chi connectivity index (χ0v) is 6.40. The molecule has 28 valence electrons. The molecular formula is C3H7OY. The Hall–Kier alpha value is 1.06. The summed E-state index contributed by atoms with van der Waals surface area (Å²) >= 11 is 0.926. The molecule has 0 heterocycles. The molecule has 0 fully saturated rings. The fourth-order valence-corrected chi connectivity index (χ4v) is 0. The van der Waals surface area contributed by atoms with Crippen molar-refractivity contribution in [2.24, 2.45) is 0 Å². The van der Waals surface area contributed by atoms with E-state index in [0.29, 0.717) is 6.10 Å². The molecule has 0 aromatic heterocycles. The molecule has 0 radical (unpaired) electrons. The van der Waals surface area contributed by atoms with Crippen LogP contribution in [-0.2, 0) is 33.5 Å². The van der Waals surface area contributed by atoms with Gasteiger partial charge in [-0.25, -0.2) is 0 Å². The van der Waals surface area contributed by atoms with Crippen LogP contribution in [0, 0.1) is 0 Å². The molecule has 0 aromatic carbocycles. The van der Waals surface area contributed by atoms with Gasteiger partial charge in [0.05, 0.1) is 0 Å². The van der Waals surface area contributed by atoms with Crippen molar-refractivity contribution in [2.45, 2.75) is 20.0 Å². The Morgan fingerprint density at radius 1 is 1.60 bits per heavy atom. The van der Waals surface area contributed by atoms with E-state index in [1.165, 1.54) is 0 Å². The van der Waals surface area contributed by atoms with Crippen molar-refractivity contribution in [3.8, 4) is 0 Å². The molecular weight excluding hydrogens is 141 g/mol. The standard InChI is InChI=1S/C3H7O.Y/c1-3(2)4;/h3H,1-2H3;/q-1;+1. The van der Waals surface area contributed by atoms with Gasteiger partial charge in [0.15, 0.2) is 0 Å². The van der Waals surface area contributed by atoms with Gasteiger partial charge in [0.1, 0.15) is 0 Å². The molecule has 2 heteroatoms.